The van der Waals surface area contributed by atoms with Gasteiger partial charge in [-0.05, 0) is 26.3 Å². The lowest BCUT2D eigenvalue weighted by atomic mass is 9.92. The summed E-state index contributed by atoms with van der Waals surface area (Å²) in [7, 11) is -4.13. The molecule has 4 atom stereocenters. The van der Waals surface area contributed by atoms with E-state index in [4.69, 9.17) is 18.9 Å². The Morgan fingerprint density at radius 2 is 1.72 bits per heavy atom. The summed E-state index contributed by atoms with van der Waals surface area (Å²) in [4.78, 5) is 61.9. The maximum Gasteiger partial charge on any atom is 0.511 e. The van der Waals surface area contributed by atoms with Crippen LogP contribution in [-0.2, 0) is 54.5 Å². The van der Waals surface area contributed by atoms with Crippen molar-refractivity contribution < 1.29 is 56.1 Å². The van der Waals surface area contributed by atoms with Crippen molar-refractivity contribution in [3.63, 3.8) is 0 Å². The van der Waals surface area contributed by atoms with Crippen molar-refractivity contribution in [2.45, 2.75) is 56.8 Å². The maximum absolute atomic E-state index is 13.2. The van der Waals surface area contributed by atoms with Crippen LogP contribution in [0, 0.1) is 5.92 Å². The predicted molar refractivity (Wildman–Crippen MR) is 130 cm³/mol. The number of nitrogens with one attached hydrogen (secondary N) is 1. The molecule has 2 amide bonds. The number of hydrogen-bond donors (Lipinski definition) is 1. The van der Waals surface area contributed by atoms with E-state index in [1.54, 1.807) is 37.3 Å². The molecule has 14 nitrogen and oxygen atoms in total. The molecule has 3 rings (SSSR count). The van der Waals surface area contributed by atoms with E-state index in [2.05, 4.69) is 10.1 Å². The smallest absolute Gasteiger partial charge is 0.463 e. The highest BCUT2D eigenvalue weighted by molar-refractivity contribution is 7.93. The number of esters is 2. The minimum absolute atomic E-state index is 0.0131. The lowest BCUT2D eigenvalue weighted by molar-refractivity contribution is -0.184. The first kappa shape index (κ1) is 29.7. The number of benzene rings is 1. The van der Waals surface area contributed by atoms with E-state index in [-0.39, 0.29) is 13.2 Å². The predicted octanol–water partition coefficient (Wildman–Crippen LogP) is 0.878. The summed E-state index contributed by atoms with van der Waals surface area (Å²) in [6, 6.07) is 7.33. The van der Waals surface area contributed by atoms with Gasteiger partial charge in [0.05, 0.1) is 11.4 Å². The van der Waals surface area contributed by atoms with Crippen LogP contribution >= 0.6 is 0 Å². The van der Waals surface area contributed by atoms with E-state index >= 15 is 0 Å². The van der Waals surface area contributed by atoms with Gasteiger partial charge in [0.2, 0.25) is 12.2 Å². The standard InChI is InChI=1S/C24H30N2O12S/c1-5-34-23(31)38-14(2)37-21(29)18-24(3,4)39(32,33)20-16(19(28)26(18)20)13-35-17(27)11-25-22(30)36-12-15-9-7-6-8-10-15/h6-10,14,16,18,20H,5,11-13H2,1-4H3,(H,25,30)/t14?,16-,18-,20+/m0/s1. The lowest BCUT2D eigenvalue weighted by Gasteiger charge is -2.42. The molecule has 1 aromatic carbocycles. The third kappa shape index (κ3) is 6.24. The fourth-order valence-electron chi connectivity index (χ4n) is 4.23. The minimum atomic E-state index is -4.13. The summed E-state index contributed by atoms with van der Waals surface area (Å²) in [6.07, 6.45) is -3.37. The molecule has 2 heterocycles. The highest BCUT2D eigenvalue weighted by atomic mass is 32.2. The normalized spacial score (nSPS) is 22.9. The van der Waals surface area contributed by atoms with Crippen LogP contribution in [-0.4, -0.2) is 85.6 Å². The third-order valence-corrected chi connectivity index (χ3v) is 9.10. The molecule has 15 heteroatoms. The van der Waals surface area contributed by atoms with E-state index < -0.39 is 81.5 Å². The van der Waals surface area contributed by atoms with Crippen LogP contribution in [0.3, 0.4) is 0 Å². The molecular weight excluding hydrogens is 540 g/mol. The number of β-lactam (4-membered cyclic amide) rings is 1. The van der Waals surface area contributed by atoms with Gasteiger partial charge >= 0.3 is 24.2 Å². The Labute approximate surface area is 224 Å². The Kier molecular flexibility index (Phi) is 9.04. The van der Waals surface area contributed by atoms with E-state index in [0.717, 1.165) is 10.5 Å². The van der Waals surface area contributed by atoms with Gasteiger partial charge in [-0.15, -0.1) is 0 Å². The zero-order valence-corrected chi connectivity index (χ0v) is 22.6. The molecule has 1 aromatic rings. The Bertz CT molecular complexity index is 1220. The number of hydrogen-bond acceptors (Lipinski definition) is 12. The Balaban J connectivity index is 1.54. The summed E-state index contributed by atoms with van der Waals surface area (Å²) < 4.78 is 49.1. The summed E-state index contributed by atoms with van der Waals surface area (Å²) in [5, 5.41) is 0.771. The van der Waals surface area contributed by atoms with Crippen molar-refractivity contribution in [3.8, 4) is 0 Å². The number of nitrogens with zero attached hydrogens (tertiary/aromatic N) is 1. The Morgan fingerprint density at radius 1 is 1.05 bits per heavy atom. The molecule has 214 valence electrons. The van der Waals surface area contributed by atoms with E-state index in [1.807, 2.05) is 0 Å². The first-order chi connectivity index (χ1) is 18.3. The fourth-order valence-corrected chi connectivity index (χ4v) is 6.53. The second kappa shape index (κ2) is 11.9. The Morgan fingerprint density at radius 3 is 2.36 bits per heavy atom. The summed E-state index contributed by atoms with van der Waals surface area (Å²) in [6.45, 7) is 4.17. The highest BCUT2D eigenvalue weighted by Crippen LogP contribution is 2.49. The molecule has 0 spiro atoms. The molecule has 0 radical (unpaired) electrons. The highest BCUT2D eigenvalue weighted by Gasteiger charge is 2.72. The molecule has 0 saturated carbocycles. The molecule has 2 aliphatic heterocycles. The molecule has 2 fully saturated rings. The number of ether oxygens (including phenoxy) is 5. The monoisotopic (exact) mass is 570 g/mol. The van der Waals surface area contributed by atoms with Crippen LogP contribution in [0.4, 0.5) is 9.59 Å². The van der Waals surface area contributed by atoms with Gasteiger partial charge < -0.3 is 33.9 Å². The molecule has 1 N–H and O–H groups in total. The van der Waals surface area contributed by atoms with Crippen molar-refractivity contribution in [3.05, 3.63) is 35.9 Å². The largest absolute Gasteiger partial charge is 0.511 e. The maximum atomic E-state index is 13.2. The number of rotatable bonds is 10. The number of carbonyl (C=O) groups is 5. The third-order valence-electron chi connectivity index (χ3n) is 6.22. The van der Waals surface area contributed by atoms with Gasteiger partial charge in [0.1, 0.15) is 31.7 Å². The fraction of sp³-hybridized carbons (Fsp3) is 0.542. The molecule has 2 aliphatic rings. The topological polar surface area (TPSA) is 181 Å². The zero-order valence-electron chi connectivity index (χ0n) is 21.8. The Hall–Kier alpha value is -3.88. The van der Waals surface area contributed by atoms with Gasteiger partial charge in [-0.25, -0.2) is 22.8 Å². The second-order valence-electron chi connectivity index (χ2n) is 9.20. The van der Waals surface area contributed by atoms with Crippen molar-refractivity contribution in [2.75, 3.05) is 19.8 Å². The average Bonchev–Trinajstić information content (AvgIpc) is 3.01. The van der Waals surface area contributed by atoms with Gasteiger partial charge in [0.15, 0.2) is 15.2 Å². The van der Waals surface area contributed by atoms with Crippen LogP contribution in [0.5, 0.6) is 0 Å². The van der Waals surface area contributed by atoms with Gasteiger partial charge in [-0.3, -0.25) is 9.59 Å². The van der Waals surface area contributed by atoms with Crippen LogP contribution in [0.1, 0.15) is 33.3 Å². The number of fused-ring (bicyclic) bond motifs is 1. The molecule has 1 unspecified atom stereocenters. The van der Waals surface area contributed by atoms with Crippen molar-refractivity contribution in [1.82, 2.24) is 10.2 Å². The van der Waals surface area contributed by atoms with E-state index in [0.29, 0.717) is 0 Å². The quantitative estimate of drug-likeness (QED) is 0.182. The van der Waals surface area contributed by atoms with Gasteiger partial charge in [-0.1, -0.05) is 30.3 Å². The van der Waals surface area contributed by atoms with Crippen LogP contribution in [0.25, 0.3) is 0 Å². The number of alkyl carbamates (subject to hydrolysis) is 1. The summed E-state index contributed by atoms with van der Waals surface area (Å²) in [5.41, 5.74) is 0.743. The molecular formula is C24H30N2O12S. The SMILES string of the molecule is CCOC(=O)OC(C)OC(=O)[C@@H]1N2C(=O)[C@H](COC(=O)CNC(=O)OCc3ccccc3)[C@H]2S(=O)(=O)C1(C)C. The van der Waals surface area contributed by atoms with Crippen molar-refractivity contribution >= 4 is 39.9 Å². The lowest BCUT2D eigenvalue weighted by Crippen LogP contribution is -2.65. The van der Waals surface area contributed by atoms with Gasteiger partial charge in [0.25, 0.3) is 0 Å². The molecule has 0 aliphatic carbocycles. The molecule has 0 aromatic heterocycles. The first-order valence-electron chi connectivity index (χ1n) is 12.0. The number of sulfone groups is 1. The molecule has 2 saturated heterocycles. The zero-order chi connectivity index (χ0) is 29.0. The van der Waals surface area contributed by atoms with Gasteiger partial charge in [0, 0.05) is 6.92 Å². The minimum Gasteiger partial charge on any atom is -0.463 e. The summed E-state index contributed by atoms with van der Waals surface area (Å²) >= 11 is 0. The van der Waals surface area contributed by atoms with Crippen LogP contribution < -0.4 is 5.32 Å². The van der Waals surface area contributed by atoms with Crippen LogP contribution in [0.2, 0.25) is 0 Å². The molecule has 0 bridgehead atoms. The number of amides is 2. The van der Waals surface area contributed by atoms with E-state index in [9.17, 15) is 32.4 Å². The summed E-state index contributed by atoms with van der Waals surface area (Å²) in [5.74, 6) is -4.01. The van der Waals surface area contributed by atoms with Crippen molar-refractivity contribution in [1.29, 1.82) is 0 Å². The molecule has 39 heavy (non-hydrogen) atoms. The number of carbonyl (C=O) groups excluding carboxylic acids is 5. The van der Waals surface area contributed by atoms with Crippen LogP contribution in [0.15, 0.2) is 30.3 Å². The first-order valence-corrected chi connectivity index (χ1v) is 13.6. The van der Waals surface area contributed by atoms with Gasteiger partial charge in [-0.2, -0.15) is 0 Å². The second-order valence-corrected chi connectivity index (χ2v) is 11.8. The van der Waals surface area contributed by atoms with E-state index in [1.165, 1.54) is 20.8 Å². The average molecular weight is 571 g/mol. The van der Waals surface area contributed by atoms with Crippen molar-refractivity contribution in [2.24, 2.45) is 5.92 Å².